The summed E-state index contributed by atoms with van der Waals surface area (Å²) in [4.78, 5) is 5.07. The molecular formula is C71H49NSSi. The van der Waals surface area contributed by atoms with E-state index in [1.165, 1.54) is 97.3 Å². The van der Waals surface area contributed by atoms with Crippen molar-refractivity contribution in [2.75, 3.05) is 4.90 Å². The second-order valence-electron chi connectivity index (χ2n) is 19.5. The average Bonchev–Trinajstić information content (AvgIpc) is 4.13. The predicted molar refractivity (Wildman–Crippen MR) is 315 cm³/mol. The Morgan fingerprint density at radius 3 is 1.23 bits per heavy atom. The molecule has 1 aromatic heterocycles. The van der Waals surface area contributed by atoms with Crippen LogP contribution >= 0.6 is 11.3 Å². The van der Waals surface area contributed by atoms with Crippen molar-refractivity contribution in [3.63, 3.8) is 0 Å². The Morgan fingerprint density at radius 2 is 0.676 bits per heavy atom. The van der Waals surface area contributed by atoms with Gasteiger partial charge in [-0.15, -0.1) is 11.3 Å². The SMILES string of the molecule is c1ccc(-c2sc(-c3ccccc3)c3c2-c2ccccc2C32c3ccccc3-c3cc(N(c4ccccc4)c4ccc(-c5ccc([Si](c6ccccc6)(c6ccccc6)c6ccccc6)cc5)cc4)ccc32)cc1. The molecule has 2 aliphatic carbocycles. The number of fused-ring (bicyclic) bond motifs is 10. The van der Waals surface area contributed by atoms with Crippen LogP contribution in [0.3, 0.4) is 0 Å². The maximum atomic E-state index is 2.46. The summed E-state index contributed by atoms with van der Waals surface area (Å²) in [7, 11) is -2.64. The van der Waals surface area contributed by atoms with Gasteiger partial charge in [0.2, 0.25) is 0 Å². The van der Waals surface area contributed by atoms with Gasteiger partial charge in [0.15, 0.2) is 8.07 Å². The van der Waals surface area contributed by atoms with E-state index in [0.29, 0.717) is 0 Å². The minimum Gasteiger partial charge on any atom is -0.310 e. The fourth-order valence-corrected chi connectivity index (χ4v) is 18.7. The van der Waals surface area contributed by atoms with Crippen LogP contribution in [0.25, 0.3) is 54.3 Å². The number of benzene rings is 11. The van der Waals surface area contributed by atoms with E-state index in [4.69, 9.17) is 0 Å². The smallest absolute Gasteiger partial charge is 0.179 e. The number of hydrogen-bond donors (Lipinski definition) is 0. The second-order valence-corrected chi connectivity index (χ2v) is 24.3. The maximum Gasteiger partial charge on any atom is 0.179 e. The highest BCUT2D eigenvalue weighted by atomic mass is 32.1. The molecule has 0 radical (unpaired) electrons. The van der Waals surface area contributed by atoms with Crippen molar-refractivity contribution in [3.05, 3.63) is 320 Å². The zero-order valence-electron chi connectivity index (χ0n) is 40.6. The van der Waals surface area contributed by atoms with Gasteiger partial charge in [0.05, 0.1) is 5.41 Å². The third-order valence-electron chi connectivity index (χ3n) is 15.7. The van der Waals surface area contributed by atoms with Crippen molar-refractivity contribution in [2.45, 2.75) is 5.41 Å². The molecule has 0 saturated heterocycles. The molecular weight excluding hydrogens is 927 g/mol. The van der Waals surface area contributed by atoms with Crippen molar-refractivity contribution in [2.24, 2.45) is 0 Å². The lowest BCUT2D eigenvalue weighted by Gasteiger charge is -2.34. The minimum absolute atomic E-state index is 0.509. The molecule has 1 atom stereocenters. The molecule has 0 saturated carbocycles. The number of rotatable bonds is 10. The Bertz CT molecular complexity index is 3870. The standard InChI is InChI=1S/C71H49NSSi/c1-7-23-52(24-8-1)69-67-62-36-20-22-38-65(62)71(68(67)70(73-69)53-25-9-2-10-26-53)64-37-21-19-35-61(64)63-49-56(45-48-66(63)71)72(54-27-11-3-12-28-54)55-43-39-50(40-44-55)51-41-46-60(47-42-51)74(57-29-13-4-14-30-57,58-31-15-5-16-32-58)59-33-17-6-18-34-59/h1-49H. The van der Waals surface area contributed by atoms with Crippen molar-refractivity contribution >= 4 is 57.2 Å². The zero-order chi connectivity index (χ0) is 49.1. The van der Waals surface area contributed by atoms with E-state index in [0.717, 1.165) is 17.1 Å². The third-order valence-corrected chi connectivity index (χ3v) is 21.7. The molecule has 1 spiro atoms. The van der Waals surface area contributed by atoms with Crippen LogP contribution in [-0.4, -0.2) is 8.07 Å². The van der Waals surface area contributed by atoms with E-state index in [2.05, 4.69) is 302 Å². The number of hydrogen-bond acceptors (Lipinski definition) is 2. The number of thiophene rings is 1. The molecule has 12 aromatic rings. The highest BCUT2D eigenvalue weighted by Crippen LogP contribution is 2.68. The van der Waals surface area contributed by atoms with Gasteiger partial charge in [-0.2, -0.15) is 0 Å². The first kappa shape index (κ1) is 43.9. The van der Waals surface area contributed by atoms with Crippen LogP contribution in [0.2, 0.25) is 0 Å². The lowest BCUT2D eigenvalue weighted by atomic mass is 9.70. The number of nitrogens with zero attached hydrogens (tertiary/aromatic N) is 1. The molecule has 0 fully saturated rings. The largest absolute Gasteiger partial charge is 0.310 e. The molecule has 14 rings (SSSR count). The first-order valence-corrected chi connectivity index (χ1v) is 28.4. The van der Waals surface area contributed by atoms with Crippen LogP contribution in [0, 0.1) is 0 Å². The quantitative estimate of drug-likeness (QED) is 0.0975. The van der Waals surface area contributed by atoms with Gasteiger partial charge >= 0.3 is 0 Å². The lowest BCUT2D eigenvalue weighted by Crippen LogP contribution is -2.74. The summed E-state index contributed by atoms with van der Waals surface area (Å²) in [5.41, 5.74) is 18.3. The second kappa shape index (κ2) is 18.0. The van der Waals surface area contributed by atoms with Gasteiger partial charge in [0.1, 0.15) is 0 Å². The van der Waals surface area contributed by atoms with Crippen LogP contribution in [0.5, 0.6) is 0 Å². The van der Waals surface area contributed by atoms with Gasteiger partial charge in [-0.1, -0.05) is 261 Å². The summed E-state index contributed by atoms with van der Waals surface area (Å²) in [5.74, 6) is 0. The summed E-state index contributed by atoms with van der Waals surface area (Å²) < 4.78 is 0. The van der Waals surface area contributed by atoms with E-state index in [1.54, 1.807) is 0 Å². The summed E-state index contributed by atoms with van der Waals surface area (Å²) in [6, 6.07) is 111. The normalized spacial score (nSPS) is 14.0. The minimum atomic E-state index is -2.64. The van der Waals surface area contributed by atoms with Crippen molar-refractivity contribution in [3.8, 4) is 54.3 Å². The van der Waals surface area contributed by atoms with Crippen LogP contribution in [0.1, 0.15) is 22.3 Å². The Balaban J connectivity index is 0.892. The predicted octanol–water partition coefficient (Wildman–Crippen LogP) is 15.9. The number of para-hydroxylation sites is 1. The van der Waals surface area contributed by atoms with Crippen molar-refractivity contribution < 1.29 is 0 Å². The maximum absolute atomic E-state index is 2.64. The van der Waals surface area contributed by atoms with Crippen LogP contribution in [0.15, 0.2) is 297 Å². The molecule has 0 aliphatic heterocycles. The fourth-order valence-electron chi connectivity index (χ4n) is 12.6. The van der Waals surface area contributed by atoms with Gasteiger partial charge < -0.3 is 4.90 Å². The van der Waals surface area contributed by atoms with Crippen LogP contribution < -0.4 is 25.6 Å². The first-order valence-electron chi connectivity index (χ1n) is 25.6. The highest BCUT2D eigenvalue weighted by Gasteiger charge is 2.54. The van der Waals surface area contributed by atoms with E-state index < -0.39 is 13.5 Å². The molecule has 74 heavy (non-hydrogen) atoms. The molecule has 348 valence electrons. The summed E-state index contributed by atoms with van der Waals surface area (Å²) in [5, 5.41) is 5.48. The van der Waals surface area contributed by atoms with Gasteiger partial charge in [0, 0.05) is 32.4 Å². The summed E-state index contributed by atoms with van der Waals surface area (Å²) in [6.07, 6.45) is 0. The van der Waals surface area contributed by atoms with Crippen LogP contribution in [-0.2, 0) is 5.41 Å². The van der Waals surface area contributed by atoms with Gasteiger partial charge in [0.25, 0.3) is 0 Å². The van der Waals surface area contributed by atoms with E-state index >= 15 is 0 Å². The summed E-state index contributed by atoms with van der Waals surface area (Å²) >= 11 is 1.94. The molecule has 0 bridgehead atoms. The van der Waals surface area contributed by atoms with E-state index in [9.17, 15) is 0 Å². The molecule has 3 heteroatoms. The van der Waals surface area contributed by atoms with Crippen molar-refractivity contribution in [1.29, 1.82) is 0 Å². The number of anilines is 3. The Hall–Kier alpha value is -8.86. The molecule has 1 nitrogen and oxygen atoms in total. The van der Waals surface area contributed by atoms with Gasteiger partial charge in [-0.3, -0.25) is 0 Å². The van der Waals surface area contributed by atoms with Gasteiger partial charge in [-0.05, 0) is 118 Å². The Kier molecular flexibility index (Phi) is 10.7. The van der Waals surface area contributed by atoms with E-state index in [1.807, 2.05) is 11.3 Å². The van der Waals surface area contributed by atoms with Crippen LogP contribution in [0.4, 0.5) is 17.1 Å². The zero-order valence-corrected chi connectivity index (χ0v) is 42.5. The van der Waals surface area contributed by atoms with Gasteiger partial charge in [-0.25, -0.2) is 0 Å². The average molecular weight is 976 g/mol. The fraction of sp³-hybridized carbons (Fsp3) is 0.0141. The molecule has 2 aliphatic rings. The topological polar surface area (TPSA) is 3.24 Å². The van der Waals surface area contributed by atoms with Crippen molar-refractivity contribution in [1.82, 2.24) is 0 Å². The Morgan fingerprint density at radius 1 is 0.284 bits per heavy atom. The van der Waals surface area contributed by atoms with E-state index in [-0.39, 0.29) is 0 Å². The highest BCUT2D eigenvalue weighted by molar-refractivity contribution is 7.20. The summed E-state index contributed by atoms with van der Waals surface area (Å²) in [6.45, 7) is 0. The lowest BCUT2D eigenvalue weighted by molar-refractivity contribution is 0.798. The molecule has 1 unspecified atom stereocenters. The third kappa shape index (κ3) is 6.74. The first-order chi connectivity index (χ1) is 36.7. The molecule has 1 heterocycles. The molecule has 0 amide bonds. The monoisotopic (exact) mass is 975 g/mol. The molecule has 11 aromatic carbocycles. The molecule has 0 N–H and O–H groups in total. The Labute approximate surface area is 438 Å².